The number of hydrogen-bond donors (Lipinski definition) is 9. The normalized spacial score (nSPS) is 33.0. The maximum Gasteiger partial charge on any atom is 0.258 e. The lowest BCUT2D eigenvalue weighted by atomic mass is 9.72. The van der Waals surface area contributed by atoms with Gasteiger partial charge in [-0.25, -0.2) is 0 Å². The standard InChI is InChI=1S/C31H51NO14/c1-30(2,3)15-31(4,5)16-6-8-18(9-7-16)42-14-21(35)32-17(12-43-28-26(40)24(38)22(36)19(10-33)45-28)13-44-29-27(41)25(39)23(37)20(11-34)46-29/h6-9,17,19-20,22-29,33-34,36-41H,10-15H2,1-5H3,(H,32,35)/t17?,19?,20?,22-,23-,24+,25+,26?,27?,28-,29-/m0/s1. The molecule has 0 radical (unpaired) electrons. The van der Waals surface area contributed by atoms with Crippen LogP contribution < -0.4 is 10.1 Å². The van der Waals surface area contributed by atoms with Gasteiger partial charge in [-0.1, -0.05) is 46.8 Å². The van der Waals surface area contributed by atoms with Gasteiger partial charge in [-0.15, -0.1) is 0 Å². The van der Waals surface area contributed by atoms with Crippen LogP contribution in [0.25, 0.3) is 0 Å². The second-order valence-corrected chi connectivity index (χ2v) is 13.8. The lowest BCUT2D eigenvalue weighted by Crippen LogP contribution is -2.60. The van der Waals surface area contributed by atoms with Crippen molar-refractivity contribution in [1.82, 2.24) is 5.32 Å². The minimum atomic E-state index is -1.69. The Kier molecular flexibility index (Phi) is 13.7. The highest BCUT2D eigenvalue weighted by Gasteiger charge is 2.46. The first-order valence-electron chi connectivity index (χ1n) is 15.3. The first-order valence-corrected chi connectivity index (χ1v) is 15.3. The van der Waals surface area contributed by atoms with Gasteiger partial charge in [0.25, 0.3) is 5.91 Å². The Labute approximate surface area is 268 Å². The summed E-state index contributed by atoms with van der Waals surface area (Å²) in [6.07, 6.45) is -14.4. The van der Waals surface area contributed by atoms with Crippen LogP contribution in [0.5, 0.6) is 5.75 Å². The van der Waals surface area contributed by atoms with E-state index in [1.165, 1.54) is 0 Å². The smallest absolute Gasteiger partial charge is 0.258 e. The van der Waals surface area contributed by atoms with Crippen LogP contribution in [0.1, 0.15) is 46.6 Å². The van der Waals surface area contributed by atoms with Crippen LogP contribution in [0.4, 0.5) is 0 Å². The third-order valence-corrected chi connectivity index (χ3v) is 7.96. The van der Waals surface area contributed by atoms with Gasteiger partial charge in [0.15, 0.2) is 19.2 Å². The number of amides is 1. The summed E-state index contributed by atoms with van der Waals surface area (Å²) >= 11 is 0. The molecule has 46 heavy (non-hydrogen) atoms. The zero-order valence-corrected chi connectivity index (χ0v) is 26.9. The fraction of sp³-hybridized carbons (Fsp3) is 0.774. The Balaban J connectivity index is 1.64. The van der Waals surface area contributed by atoms with Crippen LogP contribution >= 0.6 is 0 Å². The first-order chi connectivity index (χ1) is 21.5. The summed E-state index contributed by atoms with van der Waals surface area (Å²) < 4.78 is 27.5. The molecule has 2 aliphatic rings. The van der Waals surface area contributed by atoms with Gasteiger partial charge in [-0.3, -0.25) is 4.79 Å². The zero-order chi connectivity index (χ0) is 34.4. The van der Waals surface area contributed by atoms with Crippen LogP contribution in [0.15, 0.2) is 24.3 Å². The molecule has 2 heterocycles. The summed E-state index contributed by atoms with van der Waals surface area (Å²) in [5.74, 6) is -0.144. The van der Waals surface area contributed by atoms with Crippen LogP contribution in [-0.4, -0.2) is 147 Å². The molecule has 4 unspecified atom stereocenters. The van der Waals surface area contributed by atoms with E-state index in [-0.39, 0.29) is 10.8 Å². The Hall–Kier alpha value is -1.99. The van der Waals surface area contributed by atoms with Gasteiger partial charge in [0, 0.05) is 0 Å². The predicted octanol–water partition coefficient (Wildman–Crippen LogP) is -2.10. The van der Waals surface area contributed by atoms with Gasteiger partial charge in [-0.2, -0.15) is 0 Å². The Morgan fingerprint density at radius 1 is 0.761 bits per heavy atom. The van der Waals surface area contributed by atoms with Crippen molar-refractivity contribution in [2.24, 2.45) is 5.41 Å². The molecule has 15 heteroatoms. The van der Waals surface area contributed by atoms with Crippen LogP contribution in [-0.2, 0) is 29.2 Å². The van der Waals surface area contributed by atoms with Gasteiger partial charge in [-0.05, 0) is 34.9 Å². The lowest BCUT2D eigenvalue weighted by Gasteiger charge is -2.40. The number of nitrogens with one attached hydrogen (secondary N) is 1. The Morgan fingerprint density at radius 2 is 1.22 bits per heavy atom. The summed E-state index contributed by atoms with van der Waals surface area (Å²) in [6, 6.07) is 6.43. The molecule has 2 aliphatic heterocycles. The van der Waals surface area contributed by atoms with Crippen molar-refractivity contribution >= 4 is 5.91 Å². The molecular weight excluding hydrogens is 610 g/mol. The second-order valence-electron chi connectivity index (χ2n) is 13.8. The molecule has 9 N–H and O–H groups in total. The summed E-state index contributed by atoms with van der Waals surface area (Å²) in [5, 5.41) is 82.4. The fourth-order valence-corrected chi connectivity index (χ4v) is 5.81. The molecule has 0 aliphatic carbocycles. The number of aliphatic hydroxyl groups is 8. The molecule has 2 fully saturated rings. The SMILES string of the molecule is CC(C)(C)CC(C)(C)c1ccc(OCC(=O)NC(CO[C@H]2OC(CO)[C@H](O)[C@@H](O)C2O)CO[C@H]2OC(CO)[C@H](O)[C@@H](O)C2O)cc1. The van der Waals surface area contributed by atoms with E-state index < -0.39 is 106 Å². The number of ether oxygens (including phenoxy) is 5. The van der Waals surface area contributed by atoms with Crippen molar-refractivity contribution in [3.8, 4) is 5.75 Å². The average Bonchev–Trinajstić information content (AvgIpc) is 2.99. The van der Waals surface area contributed by atoms with Crippen molar-refractivity contribution < 1.29 is 69.3 Å². The fourth-order valence-electron chi connectivity index (χ4n) is 5.81. The number of aliphatic hydroxyl groups excluding tert-OH is 8. The van der Waals surface area contributed by atoms with Crippen LogP contribution in [0.3, 0.4) is 0 Å². The number of hydrogen-bond acceptors (Lipinski definition) is 14. The average molecular weight is 662 g/mol. The molecule has 0 saturated carbocycles. The number of carbonyl (C=O) groups excluding carboxylic acids is 1. The largest absolute Gasteiger partial charge is 0.484 e. The number of benzene rings is 1. The molecule has 0 spiro atoms. The number of carbonyl (C=O) groups is 1. The molecular formula is C31H51NO14. The molecule has 1 aromatic carbocycles. The van der Waals surface area contributed by atoms with E-state index in [1.54, 1.807) is 12.1 Å². The molecule has 0 bridgehead atoms. The van der Waals surface area contributed by atoms with E-state index >= 15 is 0 Å². The van der Waals surface area contributed by atoms with E-state index in [0.29, 0.717) is 5.75 Å². The third-order valence-electron chi connectivity index (χ3n) is 7.96. The summed E-state index contributed by atoms with van der Waals surface area (Å²) in [4.78, 5) is 12.9. The lowest BCUT2D eigenvalue weighted by molar-refractivity contribution is -0.309. The predicted molar refractivity (Wildman–Crippen MR) is 160 cm³/mol. The van der Waals surface area contributed by atoms with E-state index in [9.17, 15) is 45.6 Å². The van der Waals surface area contributed by atoms with E-state index in [2.05, 4.69) is 39.9 Å². The molecule has 15 nitrogen and oxygen atoms in total. The van der Waals surface area contributed by atoms with E-state index in [4.69, 9.17) is 23.7 Å². The maximum atomic E-state index is 12.9. The van der Waals surface area contributed by atoms with Crippen molar-refractivity contribution in [2.45, 2.75) is 114 Å². The summed E-state index contributed by atoms with van der Waals surface area (Å²) in [7, 11) is 0. The van der Waals surface area contributed by atoms with Crippen molar-refractivity contribution in [3.63, 3.8) is 0 Å². The highest BCUT2D eigenvalue weighted by atomic mass is 16.7. The van der Waals surface area contributed by atoms with Gasteiger partial charge in [0.05, 0.1) is 32.5 Å². The molecule has 10 atom stereocenters. The number of rotatable bonds is 14. The minimum absolute atomic E-state index is 0.0801. The molecule has 1 aromatic rings. The van der Waals surface area contributed by atoms with Gasteiger partial charge in [0.1, 0.15) is 54.6 Å². The van der Waals surface area contributed by atoms with Gasteiger partial charge in [0.2, 0.25) is 0 Å². The molecule has 0 aromatic heterocycles. The summed E-state index contributed by atoms with van der Waals surface area (Å²) in [5.41, 5.74) is 1.17. The molecule has 2 saturated heterocycles. The third kappa shape index (κ3) is 10.3. The minimum Gasteiger partial charge on any atom is -0.484 e. The van der Waals surface area contributed by atoms with Crippen molar-refractivity contribution in [1.29, 1.82) is 0 Å². The quantitative estimate of drug-likeness (QED) is 0.104. The molecule has 3 rings (SSSR count). The highest BCUT2D eigenvalue weighted by Crippen LogP contribution is 2.36. The highest BCUT2D eigenvalue weighted by molar-refractivity contribution is 5.77. The van der Waals surface area contributed by atoms with Crippen molar-refractivity contribution in [3.05, 3.63) is 29.8 Å². The van der Waals surface area contributed by atoms with Crippen LogP contribution in [0.2, 0.25) is 0 Å². The Morgan fingerprint density at radius 3 is 1.63 bits per heavy atom. The second kappa shape index (κ2) is 16.4. The van der Waals surface area contributed by atoms with Gasteiger partial charge < -0.3 is 69.9 Å². The Bertz CT molecular complexity index is 1040. The van der Waals surface area contributed by atoms with Crippen LogP contribution in [0, 0.1) is 5.41 Å². The van der Waals surface area contributed by atoms with E-state index in [0.717, 1.165) is 12.0 Å². The van der Waals surface area contributed by atoms with Crippen molar-refractivity contribution in [2.75, 3.05) is 33.0 Å². The zero-order valence-electron chi connectivity index (χ0n) is 26.9. The van der Waals surface area contributed by atoms with Gasteiger partial charge >= 0.3 is 0 Å². The monoisotopic (exact) mass is 661 g/mol. The summed E-state index contributed by atoms with van der Waals surface area (Å²) in [6.45, 7) is 8.34. The van der Waals surface area contributed by atoms with E-state index in [1.807, 2.05) is 12.1 Å². The topological polar surface area (TPSA) is 237 Å². The maximum absolute atomic E-state index is 12.9. The first kappa shape index (κ1) is 38.5. The molecule has 1 amide bonds. The molecule has 264 valence electrons.